The first-order valence-electron chi connectivity index (χ1n) is 10.6. The molecule has 1 aliphatic rings. The number of halogens is 2. The van der Waals surface area contributed by atoms with E-state index < -0.39 is 9.84 Å². The van der Waals surface area contributed by atoms with Crippen molar-refractivity contribution in [3.63, 3.8) is 0 Å². The molecule has 0 saturated carbocycles. The molecule has 5 rings (SSSR count). The maximum absolute atomic E-state index is 13.5. The number of aromatic nitrogens is 3. The summed E-state index contributed by atoms with van der Waals surface area (Å²) in [4.78, 5) is 18.1. The number of amides is 1. The molecule has 1 amide bonds. The molecule has 1 unspecified atom stereocenters. The van der Waals surface area contributed by atoms with Crippen LogP contribution in [-0.4, -0.2) is 40.6 Å². The van der Waals surface area contributed by atoms with E-state index in [1.165, 1.54) is 12.1 Å². The van der Waals surface area contributed by atoms with Crippen LogP contribution in [0.2, 0.25) is 5.02 Å². The fourth-order valence-electron chi connectivity index (χ4n) is 4.22. The minimum Gasteiger partial charge on any atom is -0.322 e. The Labute approximate surface area is 200 Å². The van der Waals surface area contributed by atoms with Gasteiger partial charge in [0.1, 0.15) is 5.82 Å². The summed E-state index contributed by atoms with van der Waals surface area (Å²) in [5.74, 6) is -0.709. The molecule has 0 radical (unpaired) electrons. The zero-order valence-corrected chi connectivity index (χ0v) is 19.7. The molecule has 10 heteroatoms. The Morgan fingerprint density at radius 2 is 1.85 bits per heavy atom. The van der Waals surface area contributed by atoms with E-state index in [4.69, 9.17) is 16.6 Å². The van der Waals surface area contributed by atoms with Gasteiger partial charge in [0.15, 0.2) is 15.5 Å². The van der Waals surface area contributed by atoms with E-state index in [1.54, 1.807) is 54.1 Å². The predicted octanol–water partition coefficient (Wildman–Crippen LogP) is 4.81. The van der Waals surface area contributed by atoms with E-state index in [-0.39, 0.29) is 29.3 Å². The highest BCUT2D eigenvalue weighted by molar-refractivity contribution is 7.91. The molecule has 2 aromatic heterocycles. The molecule has 1 fully saturated rings. The highest BCUT2D eigenvalue weighted by Crippen LogP contribution is 2.32. The van der Waals surface area contributed by atoms with E-state index in [0.29, 0.717) is 50.7 Å². The van der Waals surface area contributed by atoms with Gasteiger partial charge in [-0.15, -0.1) is 0 Å². The zero-order chi connectivity index (χ0) is 24.0. The van der Waals surface area contributed by atoms with Crippen LogP contribution >= 0.6 is 11.6 Å². The van der Waals surface area contributed by atoms with Gasteiger partial charge in [-0.05, 0) is 67.9 Å². The van der Waals surface area contributed by atoms with Gasteiger partial charge in [0.05, 0.1) is 39.9 Å². The summed E-state index contributed by atoms with van der Waals surface area (Å²) in [7, 11) is -3.16. The molecular weight excluding hydrogens is 479 g/mol. The van der Waals surface area contributed by atoms with Crippen LogP contribution in [0, 0.1) is 12.7 Å². The first-order chi connectivity index (χ1) is 16.2. The normalized spacial score (nSPS) is 17.2. The summed E-state index contributed by atoms with van der Waals surface area (Å²) in [6.45, 7) is 1.76. The van der Waals surface area contributed by atoms with Crippen molar-refractivity contribution in [2.45, 2.75) is 19.4 Å². The molecule has 1 N–H and O–H groups in total. The molecule has 3 heterocycles. The highest BCUT2D eigenvalue weighted by Gasteiger charge is 2.32. The van der Waals surface area contributed by atoms with Gasteiger partial charge < -0.3 is 5.32 Å². The second-order valence-corrected chi connectivity index (χ2v) is 11.0. The number of anilines is 1. The summed E-state index contributed by atoms with van der Waals surface area (Å²) >= 11 is 5.95. The summed E-state index contributed by atoms with van der Waals surface area (Å²) in [5, 5.41) is 8.54. The number of hydrogen-bond acceptors (Lipinski definition) is 5. The van der Waals surface area contributed by atoms with E-state index in [1.807, 2.05) is 0 Å². The number of carbonyl (C=O) groups is 1. The monoisotopic (exact) mass is 498 g/mol. The minimum absolute atomic E-state index is 0.0298. The molecule has 174 valence electrons. The van der Waals surface area contributed by atoms with Crippen LogP contribution in [0.5, 0.6) is 0 Å². The summed E-state index contributed by atoms with van der Waals surface area (Å²) in [6, 6.07) is 13.8. The Hall–Kier alpha value is -3.30. The standard InChI is InChI=1S/C24H20ClFN4O3S/c1-14-22-20(24(31)27-18-8-4-16(25)5-9-18)12-21(15-2-6-17(26)7-3-15)28-23(22)30(29-14)19-10-11-34(32,33)13-19/h2-9,12,19H,10-11,13H2,1H3,(H,27,31). The molecule has 4 aromatic rings. The van der Waals surface area contributed by atoms with Crippen molar-refractivity contribution >= 4 is 44.1 Å². The van der Waals surface area contributed by atoms with Crippen molar-refractivity contribution in [1.82, 2.24) is 14.8 Å². The molecule has 34 heavy (non-hydrogen) atoms. The zero-order valence-electron chi connectivity index (χ0n) is 18.1. The Balaban J connectivity index is 1.67. The van der Waals surface area contributed by atoms with Crippen molar-refractivity contribution in [2.24, 2.45) is 0 Å². The lowest BCUT2D eigenvalue weighted by Crippen LogP contribution is -2.15. The van der Waals surface area contributed by atoms with Gasteiger partial charge in [-0.2, -0.15) is 5.10 Å². The van der Waals surface area contributed by atoms with E-state index in [0.717, 1.165) is 0 Å². The van der Waals surface area contributed by atoms with Gasteiger partial charge in [0, 0.05) is 16.3 Å². The fourth-order valence-corrected chi connectivity index (χ4v) is 6.03. The van der Waals surface area contributed by atoms with E-state index in [9.17, 15) is 17.6 Å². The molecule has 1 saturated heterocycles. The van der Waals surface area contributed by atoms with Gasteiger partial charge in [-0.25, -0.2) is 22.5 Å². The van der Waals surface area contributed by atoms with Crippen LogP contribution in [0.3, 0.4) is 0 Å². The van der Waals surface area contributed by atoms with Gasteiger partial charge >= 0.3 is 0 Å². The number of benzene rings is 2. The summed E-state index contributed by atoms with van der Waals surface area (Å²) < 4.78 is 39.3. The van der Waals surface area contributed by atoms with Crippen molar-refractivity contribution in [1.29, 1.82) is 0 Å². The maximum atomic E-state index is 13.5. The number of rotatable bonds is 4. The Kier molecular flexibility index (Phi) is 5.61. The molecule has 0 bridgehead atoms. The van der Waals surface area contributed by atoms with Gasteiger partial charge in [0.25, 0.3) is 5.91 Å². The quantitative estimate of drug-likeness (QED) is 0.435. The number of fused-ring (bicyclic) bond motifs is 1. The van der Waals surface area contributed by atoms with Crippen LogP contribution in [0.4, 0.5) is 10.1 Å². The lowest BCUT2D eigenvalue weighted by molar-refractivity contribution is 0.102. The average Bonchev–Trinajstić information content (AvgIpc) is 3.34. The lowest BCUT2D eigenvalue weighted by atomic mass is 10.0. The third-order valence-corrected chi connectivity index (χ3v) is 7.88. The average molecular weight is 499 g/mol. The van der Waals surface area contributed by atoms with E-state index >= 15 is 0 Å². The predicted molar refractivity (Wildman–Crippen MR) is 129 cm³/mol. The van der Waals surface area contributed by atoms with Gasteiger partial charge in [0.2, 0.25) is 0 Å². The third-order valence-electron chi connectivity index (χ3n) is 5.88. The number of aryl methyl sites for hydroxylation is 1. The summed E-state index contributed by atoms with van der Waals surface area (Å²) in [5.41, 5.74) is 2.96. The van der Waals surface area contributed by atoms with Gasteiger partial charge in [-0.3, -0.25) is 4.79 Å². The maximum Gasteiger partial charge on any atom is 0.256 e. The number of pyridine rings is 1. The molecule has 7 nitrogen and oxygen atoms in total. The highest BCUT2D eigenvalue weighted by atomic mass is 35.5. The molecule has 1 aliphatic heterocycles. The van der Waals surface area contributed by atoms with Crippen molar-refractivity contribution in [3.8, 4) is 11.3 Å². The molecule has 1 atom stereocenters. The van der Waals surface area contributed by atoms with Crippen LogP contribution in [0.1, 0.15) is 28.5 Å². The lowest BCUT2D eigenvalue weighted by Gasteiger charge is -2.12. The number of nitrogens with one attached hydrogen (secondary N) is 1. The minimum atomic E-state index is -3.16. The first kappa shape index (κ1) is 22.5. The fraction of sp³-hybridized carbons (Fsp3) is 0.208. The first-order valence-corrected chi connectivity index (χ1v) is 12.8. The molecule has 0 aliphatic carbocycles. The smallest absolute Gasteiger partial charge is 0.256 e. The summed E-state index contributed by atoms with van der Waals surface area (Å²) in [6.07, 6.45) is 0.424. The second-order valence-electron chi connectivity index (χ2n) is 8.31. The third kappa shape index (κ3) is 4.28. The topological polar surface area (TPSA) is 93.9 Å². The van der Waals surface area contributed by atoms with Crippen LogP contribution in [0.15, 0.2) is 54.6 Å². The van der Waals surface area contributed by atoms with Crippen molar-refractivity contribution < 1.29 is 17.6 Å². The number of nitrogens with zero attached hydrogens (tertiary/aromatic N) is 3. The second kappa shape index (κ2) is 8.48. The SMILES string of the molecule is Cc1nn(C2CCS(=O)(=O)C2)c2nc(-c3ccc(F)cc3)cc(C(=O)Nc3ccc(Cl)cc3)c12. The number of hydrogen-bond donors (Lipinski definition) is 1. The Bertz CT molecular complexity index is 1520. The Morgan fingerprint density at radius 3 is 2.50 bits per heavy atom. The largest absolute Gasteiger partial charge is 0.322 e. The Morgan fingerprint density at radius 1 is 1.15 bits per heavy atom. The molecule has 0 spiro atoms. The van der Waals surface area contributed by atoms with Crippen molar-refractivity contribution in [2.75, 3.05) is 16.8 Å². The number of carbonyl (C=O) groups excluding carboxylic acids is 1. The van der Waals surface area contributed by atoms with Crippen LogP contribution in [0.25, 0.3) is 22.3 Å². The molecular formula is C24H20ClFN4O3S. The van der Waals surface area contributed by atoms with Gasteiger partial charge in [-0.1, -0.05) is 11.6 Å². The number of sulfone groups is 1. The van der Waals surface area contributed by atoms with Crippen LogP contribution < -0.4 is 5.32 Å². The van der Waals surface area contributed by atoms with Crippen LogP contribution in [-0.2, 0) is 9.84 Å². The molecule has 2 aromatic carbocycles. The van der Waals surface area contributed by atoms with Crippen molar-refractivity contribution in [3.05, 3.63) is 76.7 Å². The van der Waals surface area contributed by atoms with E-state index in [2.05, 4.69) is 10.4 Å².